The van der Waals surface area contributed by atoms with Gasteiger partial charge in [0.05, 0.1) is 6.20 Å². The minimum absolute atomic E-state index is 0.0302. The normalized spacial score (nSPS) is 14.6. The Morgan fingerprint density at radius 1 is 1.28 bits per heavy atom. The number of halogens is 1. The van der Waals surface area contributed by atoms with Gasteiger partial charge in [0.1, 0.15) is 17.1 Å². The van der Waals surface area contributed by atoms with Crippen molar-refractivity contribution in [3.8, 4) is 11.6 Å². The molecule has 1 fully saturated rings. The molecule has 1 saturated heterocycles. The molecule has 1 aliphatic rings. The maximum atomic E-state index is 13.8. The van der Waals surface area contributed by atoms with Crippen LogP contribution in [-0.4, -0.2) is 47.1 Å². The molecule has 3 rings (SSSR count). The number of likely N-dealkylation sites (tertiary alicyclic amines) is 1. The van der Waals surface area contributed by atoms with Crippen LogP contribution in [-0.2, 0) is 4.79 Å². The van der Waals surface area contributed by atoms with Gasteiger partial charge in [-0.2, -0.15) is 0 Å². The van der Waals surface area contributed by atoms with E-state index >= 15 is 0 Å². The summed E-state index contributed by atoms with van der Waals surface area (Å²) in [6.07, 6.45) is 4.33. The zero-order chi connectivity index (χ0) is 21.0. The first-order chi connectivity index (χ1) is 13.9. The standard InChI is InChI=1S/C21H24FN3O3S/c1-13-10-17(4-5-19(13)29-3)28-21-18(11-15(22)12-23-21)20(27)24-16-6-8-25(9-7-16)14(2)26/h4-5,10-12,16H,6-9H2,1-3H3,(H,24,27). The van der Waals surface area contributed by atoms with Crippen LogP contribution in [0.25, 0.3) is 0 Å². The number of aryl methyl sites for hydroxylation is 1. The average molecular weight is 418 g/mol. The van der Waals surface area contributed by atoms with E-state index in [0.717, 1.165) is 22.7 Å². The molecule has 0 aliphatic carbocycles. The molecule has 2 aromatic rings. The van der Waals surface area contributed by atoms with Crippen LogP contribution in [0.15, 0.2) is 35.4 Å². The molecule has 0 saturated carbocycles. The fourth-order valence-electron chi connectivity index (χ4n) is 3.30. The Bertz CT molecular complexity index is 914. The Morgan fingerprint density at radius 2 is 2.00 bits per heavy atom. The van der Waals surface area contributed by atoms with Gasteiger partial charge in [0.15, 0.2) is 0 Å². The quantitative estimate of drug-likeness (QED) is 0.750. The molecule has 1 aromatic heterocycles. The summed E-state index contributed by atoms with van der Waals surface area (Å²) in [4.78, 5) is 31.1. The van der Waals surface area contributed by atoms with Crippen molar-refractivity contribution in [3.05, 3.63) is 47.4 Å². The summed E-state index contributed by atoms with van der Waals surface area (Å²) in [6, 6.07) is 6.63. The van der Waals surface area contributed by atoms with Gasteiger partial charge < -0.3 is 15.0 Å². The largest absolute Gasteiger partial charge is 0.438 e. The summed E-state index contributed by atoms with van der Waals surface area (Å²) in [5.74, 6) is -0.430. The molecule has 0 unspecified atom stereocenters. The van der Waals surface area contributed by atoms with Crippen LogP contribution >= 0.6 is 11.8 Å². The molecule has 154 valence electrons. The number of pyridine rings is 1. The number of amides is 2. The second-order valence-corrected chi connectivity index (χ2v) is 7.84. The minimum atomic E-state index is -0.609. The number of piperidine rings is 1. The highest BCUT2D eigenvalue weighted by Gasteiger charge is 2.24. The number of aromatic nitrogens is 1. The molecule has 2 amide bonds. The third kappa shape index (κ3) is 5.26. The van der Waals surface area contributed by atoms with E-state index in [1.165, 1.54) is 6.92 Å². The lowest BCUT2D eigenvalue weighted by Crippen LogP contribution is -2.46. The van der Waals surface area contributed by atoms with Crippen LogP contribution in [0.5, 0.6) is 11.6 Å². The molecule has 2 heterocycles. The molecule has 1 N–H and O–H groups in total. The maximum Gasteiger partial charge on any atom is 0.257 e. The third-order valence-corrected chi connectivity index (χ3v) is 5.82. The molecule has 8 heteroatoms. The van der Waals surface area contributed by atoms with E-state index in [-0.39, 0.29) is 23.4 Å². The first-order valence-corrected chi connectivity index (χ1v) is 10.6. The first-order valence-electron chi connectivity index (χ1n) is 9.41. The fraction of sp³-hybridized carbons (Fsp3) is 0.381. The summed E-state index contributed by atoms with van der Waals surface area (Å²) >= 11 is 1.63. The Labute approximate surface area is 173 Å². The van der Waals surface area contributed by atoms with E-state index in [1.54, 1.807) is 22.7 Å². The van der Waals surface area contributed by atoms with Gasteiger partial charge in [-0.25, -0.2) is 9.37 Å². The number of nitrogens with one attached hydrogen (secondary N) is 1. The van der Waals surface area contributed by atoms with Crippen molar-refractivity contribution in [2.75, 3.05) is 19.3 Å². The SMILES string of the molecule is CSc1ccc(Oc2ncc(F)cc2C(=O)NC2CCN(C(C)=O)CC2)cc1C. The highest BCUT2D eigenvalue weighted by molar-refractivity contribution is 7.98. The average Bonchev–Trinajstić information content (AvgIpc) is 2.70. The van der Waals surface area contributed by atoms with Gasteiger partial charge in [0.25, 0.3) is 5.91 Å². The maximum absolute atomic E-state index is 13.8. The summed E-state index contributed by atoms with van der Waals surface area (Å²) in [5, 5.41) is 2.91. The van der Waals surface area contributed by atoms with Crippen LogP contribution in [0.4, 0.5) is 4.39 Å². The lowest BCUT2D eigenvalue weighted by atomic mass is 10.0. The van der Waals surface area contributed by atoms with Crippen molar-refractivity contribution in [1.82, 2.24) is 15.2 Å². The van der Waals surface area contributed by atoms with Crippen molar-refractivity contribution in [3.63, 3.8) is 0 Å². The molecule has 29 heavy (non-hydrogen) atoms. The van der Waals surface area contributed by atoms with Crippen LogP contribution in [0.2, 0.25) is 0 Å². The van der Waals surface area contributed by atoms with Crippen LogP contribution in [0.3, 0.4) is 0 Å². The van der Waals surface area contributed by atoms with E-state index in [1.807, 2.05) is 25.3 Å². The minimum Gasteiger partial charge on any atom is -0.438 e. The van der Waals surface area contributed by atoms with Crippen LogP contribution < -0.4 is 10.1 Å². The monoisotopic (exact) mass is 417 g/mol. The summed E-state index contributed by atoms with van der Waals surface area (Å²) in [5.41, 5.74) is 1.09. The summed E-state index contributed by atoms with van der Waals surface area (Å²) in [7, 11) is 0. The molecule has 1 aromatic carbocycles. The molecule has 0 radical (unpaired) electrons. The third-order valence-electron chi connectivity index (χ3n) is 4.92. The molecular formula is C21H24FN3O3S. The second-order valence-electron chi connectivity index (χ2n) is 6.99. The van der Waals surface area contributed by atoms with Crippen molar-refractivity contribution in [2.45, 2.75) is 37.6 Å². The highest BCUT2D eigenvalue weighted by Crippen LogP contribution is 2.29. The van der Waals surface area contributed by atoms with Gasteiger partial charge in [-0.1, -0.05) is 0 Å². The number of nitrogens with zero attached hydrogens (tertiary/aromatic N) is 2. The lowest BCUT2D eigenvalue weighted by molar-refractivity contribution is -0.129. The van der Waals surface area contributed by atoms with E-state index in [4.69, 9.17) is 4.74 Å². The van der Waals surface area contributed by atoms with Crippen molar-refractivity contribution in [2.24, 2.45) is 0 Å². The number of thioether (sulfide) groups is 1. The molecule has 1 aliphatic heterocycles. The Morgan fingerprint density at radius 3 is 2.62 bits per heavy atom. The predicted molar refractivity (Wildman–Crippen MR) is 110 cm³/mol. The molecule has 0 bridgehead atoms. The van der Waals surface area contributed by atoms with Crippen molar-refractivity contribution in [1.29, 1.82) is 0 Å². The van der Waals surface area contributed by atoms with Gasteiger partial charge in [-0.15, -0.1) is 11.8 Å². The predicted octanol–water partition coefficient (Wildman–Crippen LogP) is 3.78. The molecular weight excluding hydrogens is 393 g/mol. The summed E-state index contributed by atoms with van der Waals surface area (Å²) < 4.78 is 19.6. The number of benzene rings is 1. The highest BCUT2D eigenvalue weighted by atomic mass is 32.2. The van der Waals surface area contributed by atoms with E-state index in [0.29, 0.717) is 31.7 Å². The van der Waals surface area contributed by atoms with Gasteiger partial charge >= 0.3 is 0 Å². The van der Waals surface area contributed by atoms with E-state index < -0.39 is 11.7 Å². The smallest absolute Gasteiger partial charge is 0.257 e. The molecule has 6 nitrogen and oxygen atoms in total. The lowest BCUT2D eigenvalue weighted by Gasteiger charge is -2.31. The molecule has 0 spiro atoms. The van der Waals surface area contributed by atoms with Gasteiger partial charge in [-0.05, 0) is 55.9 Å². The topological polar surface area (TPSA) is 71.5 Å². The van der Waals surface area contributed by atoms with E-state index in [9.17, 15) is 14.0 Å². The van der Waals surface area contributed by atoms with Gasteiger partial charge in [-0.3, -0.25) is 9.59 Å². The van der Waals surface area contributed by atoms with Gasteiger partial charge in [0.2, 0.25) is 11.8 Å². The number of ether oxygens (including phenoxy) is 1. The number of hydrogen-bond acceptors (Lipinski definition) is 5. The Balaban J connectivity index is 1.74. The van der Waals surface area contributed by atoms with Crippen LogP contribution in [0.1, 0.15) is 35.7 Å². The zero-order valence-electron chi connectivity index (χ0n) is 16.7. The number of hydrogen-bond donors (Lipinski definition) is 1. The Kier molecular flexibility index (Phi) is 6.74. The second kappa shape index (κ2) is 9.26. The van der Waals surface area contributed by atoms with E-state index in [2.05, 4.69) is 10.3 Å². The Hall–Kier alpha value is -2.61. The van der Waals surface area contributed by atoms with Crippen LogP contribution in [0, 0.1) is 12.7 Å². The number of carbonyl (C=O) groups excluding carboxylic acids is 2. The zero-order valence-corrected chi connectivity index (χ0v) is 17.5. The van der Waals surface area contributed by atoms with Gasteiger partial charge in [0, 0.05) is 31.0 Å². The first kappa shape index (κ1) is 21.1. The fourth-order valence-corrected chi connectivity index (χ4v) is 3.88. The van der Waals surface area contributed by atoms with Crippen molar-refractivity contribution >= 4 is 23.6 Å². The number of carbonyl (C=O) groups is 2. The number of rotatable bonds is 5. The van der Waals surface area contributed by atoms with Crippen molar-refractivity contribution < 1.29 is 18.7 Å². The summed E-state index contributed by atoms with van der Waals surface area (Å²) in [6.45, 7) is 4.68. The molecule has 0 atom stereocenters.